The predicted molar refractivity (Wildman–Crippen MR) is 117 cm³/mol. The number of anilines is 3. The fourth-order valence-electron chi connectivity index (χ4n) is 3.84. The zero-order valence-corrected chi connectivity index (χ0v) is 16.9. The van der Waals surface area contributed by atoms with Crippen molar-refractivity contribution >= 4 is 17.2 Å². The standard InChI is InChI=1S/C24H26F2N4/c25-20-5-9-22(10-6-20)30(23-11-7-21(26)8-12-23)15-3-14-28-16-18-29(19-17-28)24-4-1-2-13-27-24/h1-2,4-13H,3,14-19H2. The summed E-state index contributed by atoms with van der Waals surface area (Å²) >= 11 is 0. The first-order chi connectivity index (χ1) is 14.7. The van der Waals surface area contributed by atoms with Gasteiger partial charge in [0.15, 0.2) is 0 Å². The van der Waals surface area contributed by atoms with E-state index in [-0.39, 0.29) is 11.6 Å². The van der Waals surface area contributed by atoms with Gasteiger partial charge in [0.25, 0.3) is 0 Å². The zero-order chi connectivity index (χ0) is 20.8. The zero-order valence-electron chi connectivity index (χ0n) is 16.9. The minimum atomic E-state index is -0.261. The van der Waals surface area contributed by atoms with E-state index in [1.54, 1.807) is 24.3 Å². The highest BCUT2D eigenvalue weighted by Crippen LogP contribution is 2.26. The summed E-state index contributed by atoms with van der Waals surface area (Å²) in [5, 5.41) is 0. The molecule has 30 heavy (non-hydrogen) atoms. The van der Waals surface area contributed by atoms with Crippen LogP contribution in [0, 0.1) is 11.6 Å². The molecule has 4 rings (SSSR count). The average molecular weight is 408 g/mol. The van der Waals surface area contributed by atoms with E-state index < -0.39 is 0 Å². The van der Waals surface area contributed by atoms with Crippen LogP contribution in [-0.4, -0.2) is 49.2 Å². The molecule has 2 aromatic carbocycles. The van der Waals surface area contributed by atoms with E-state index >= 15 is 0 Å². The second-order valence-corrected chi connectivity index (χ2v) is 7.47. The lowest BCUT2D eigenvalue weighted by Crippen LogP contribution is -2.47. The van der Waals surface area contributed by atoms with Gasteiger partial charge in [-0.05, 0) is 73.6 Å². The van der Waals surface area contributed by atoms with Gasteiger partial charge in [0.05, 0.1) is 0 Å². The average Bonchev–Trinajstić information content (AvgIpc) is 2.79. The molecule has 3 aromatic rings. The maximum Gasteiger partial charge on any atom is 0.128 e. The molecule has 4 nitrogen and oxygen atoms in total. The van der Waals surface area contributed by atoms with Gasteiger partial charge in [-0.15, -0.1) is 0 Å². The van der Waals surface area contributed by atoms with Crippen molar-refractivity contribution in [3.63, 3.8) is 0 Å². The molecule has 1 saturated heterocycles. The first-order valence-electron chi connectivity index (χ1n) is 10.4. The molecule has 1 aromatic heterocycles. The van der Waals surface area contributed by atoms with Gasteiger partial charge >= 0.3 is 0 Å². The molecule has 0 spiro atoms. The Labute approximate surface area is 176 Å². The summed E-state index contributed by atoms with van der Waals surface area (Å²) in [6.45, 7) is 5.70. The Kier molecular flexibility index (Phi) is 6.54. The first-order valence-corrected chi connectivity index (χ1v) is 10.4. The molecule has 0 saturated carbocycles. The largest absolute Gasteiger partial charge is 0.354 e. The van der Waals surface area contributed by atoms with E-state index in [4.69, 9.17) is 0 Å². The number of aromatic nitrogens is 1. The second-order valence-electron chi connectivity index (χ2n) is 7.47. The number of nitrogens with zero attached hydrogens (tertiary/aromatic N) is 4. The van der Waals surface area contributed by atoms with Crippen LogP contribution >= 0.6 is 0 Å². The summed E-state index contributed by atoms with van der Waals surface area (Å²) in [6.07, 6.45) is 2.79. The molecular weight excluding hydrogens is 382 g/mol. The third-order valence-electron chi connectivity index (χ3n) is 5.48. The topological polar surface area (TPSA) is 22.6 Å². The molecule has 0 radical (unpaired) electrons. The number of halogens is 2. The van der Waals surface area contributed by atoms with Gasteiger partial charge in [0.1, 0.15) is 17.5 Å². The quantitative estimate of drug-likeness (QED) is 0.565. The Morgan fingerprint density at radius 2 is 1.37 bits per heavy atom. The van der Waals surface area contributed by atoms with Crippen LogP contribution in [0.15, 0.2) is 72.9 Å². The van der Waals surface area contributed by atoms with Crippen LogP contribution in [-0.2, 0) is 0 Å². The Morgan fingerprint density at radius 3 is 1.90 bits per heavy atom. The lowest BCUT2D eigenvalue weighted by atomic mass is 10.2. The molecule has 0 aliphatic carbocycles. The molecule has 1 aliphatic heterocycles. The van der Waals surface area contributed by atoms with Gasteiger partial charge in [-0.2, -0.15) is 0 Å². The number of benzene rings is 2. The molecule has 1 fully saturated rings. The summed E-state index contributed by atoms with van der Waals surface area (Å²) in [6, 6.07) is 18.9. The molecule has 156 valence electrons. The highest BCUT2D eigenvalue weighted by Gasteiger charge is 2.18. The van der Waals surface area contributed by atoms with E-state index in [9.17, 15) is 8.78 Å². The first kappa shape index (κ1) is 20.3. The molecular formula is C24H26F2N4. The van der Waals surface area contributed by atoms with Gasteiger partial charge in [-0.3, -0.25) is 4.90 Å². The van der Waals surface area contributed by atoms with Crippen LogP contribution < -0.4 is 9.80 Å². The Bertz CT molecular complexity index is 863. The maximum atomic E-state index is 13.4. The summed E-state index contributed by atoms with van der Waals surface area (Å²) in [4.78, 5) is 11.3. The van der Waals surface area contributed by atoms with Crippen LogP contribution in [0.3, 0.4) is 0 Å². The number of hydrogen-bond acceptors (Lipinski definition) is 4. The van der Waals surface area contributed by atoms with Crippen molar-refractivity contribution in [2.45, 2.75) is 6.42 Å². The van der Waals surface area contributed by atoms with Crippen LogP contribution in [0.2, 0.25) is 0 Å². The van der Waals surface area contributed by atoms with Gasteiger partial charge in [0, 0.05) is 50.3 Å². The van der Waals surface area contributed by atoms with Crippen LogP contribution in [0.1, 0.15) is 6.42 Å². The van der Waals surface area contributed by atoms with Crippen molar-refractivity contribution in [2.24, 2.45) is 0 Å². The van der Waals surface area contributed by atoms with Crippen LogP contribution in [0.4, 0.5) is 26.0 Å². The Hall–Kier alpha value is -2.99. The van der Waals surface area contributed by atoms with Gasteiger partial charge < -0.3 is 9.80 Å². The fraction of sp³-hybridized carbons (Fsp3) is 0.292. The Morgan fingerprint density at radius 1 is 0.767 bits per heavy atom. The molecule has 1 aliphatic rings. The molecule has 2 heterocycles. The molecule has 0 unspecified atom stereocenters. The number of hydrogen-bond donors (Lipinski definition) is 0. The lowest BCUT2D eigenvalue weighted by molar-refractivity contribution is 0.256. The van der Waals surface area contributed by atoms with Gasteiger partial charge in [0.2, 0.25) is 0 Å². The van der Waals surface area contributed by atoms with Gasteiger partial charge in [-0.25, -0.2) is 13.8 Å². The highest BCUT2D eigenvalue weighted by molar-refractivity contribution is 5.63. The maximum absolute atomic E-state index is 13.4. The fourth-order valence-corrected chi connectivity index (χ4v) is 3.84. The molecule has 0 bridgehead atoms. The van der Waals surface area contributed by atoms with Gasteiger partial charge in [-0.1, -0.05) is 6.07 Å². The summed E-state index contributed by atoms with van der Waals surface area (Å²) in [5.41, 5.74) is 1.81. The summed E-state index contributed by atoms with van der Waals surface area (Å²) in [5.74, 6) is 0.517. The van der Waals surface area contributed by atoms with E-state index in [0.717, 1.165) is 62.9 Å². The second kappa shape index (κ2) is 9.67. The normalized spacial score (nSPS) is 14.7. The van der Waals surface area contributed by atoms with E-state index in [1.807, 2.05) is 18.3 Å². The Balaban J connectivity index is 1.34. The van der Waals surface area contributed by atoms with Crippen molar-refractivity contribution in [2.75, 3.05) is 49.1 Å². The SMILES string of the molecule is Fc1ccc(N(CCCN2CCN(c3ccccn3)CC2)c2ccc(F)cc2)cc1. The summed E-state index contributed by atoms with van der Waals surface area (Å²) < 4.78 is 26.7. The number of piperazine rings is 1. The van der Waals surface area contributed by atoms with E-state index in [2.05, 4.69) is 25.8 Å². The third-order valence-corrected chi connectivity index (χ3v) is 5.48. The third kappa shape index (κ3) is 5.13. The van der Waals surface area contributed by atoms with E-state index in [1.165, 1.54) is 24.3 Å². The number of rotatable bonds is 7. The minimum Gasteiger partial charge on any atom is -0.354 e. The van der Waals surface area contributed by atoms with Crippen molar-refractivity contribution in [1.29, 1.82) is 0 Å². The molecule has 6 heteroatoms. The smallest absolute Gasteiger partial charge is 0.128 e. The van der Waals surface area contributed by atoms with Crippen molar-refractivity contribution < 1.29 is 8.78 Å². The minimum absolute atomic E-state index is 0.261. The van der Waals surface area contributed by atoms with Crippen LogP contribution in [0.5, 0.6) is 0 Å². The summed E-state index contributed by atoms with van der Waals surface area (Å²) in [7, 11) is 0. The van der Waals surface area contributed by atoms with Crippen LogP contribution in [0.25, 0.3) is 0 Å². The van der Waals surface area contributed by atoms with E-state index in [0.29, 0.717) is 0 Å². The predicted octanol–water partition coefficient (Wildman–Crippen LogP) is 4.71. The molecule has 0 atom stereocenters. The van der Waals surface area contributed by atoms with Crippen molar-refractivity contribution in [1.82, 2.24) is 9.88 Å². The lowest BCUT2D eigenvalue weighted by Gasteiger charge is -2.36. The molecule has 0 amide bonds. The van der Waals surface area contributed by atoms with Crippen molar-refractivity contribution in [3.8, 4) is 0 Å². The van der Waals surface area contributed by atoms with Crippen molar-refractivity contribution in [3.05, 3.63) is 84.6 Å². The monoisotopic (exact) mass is 408 g/mol. The molecule has 0 N–H and O–H groups in total. The highest BCUT2D eigenvalue weighted by atomic mass is 19.1. The number of pyridine rings is 1.